The van der Waals surface area contributed by atoms with Crippen LogP contribution < -0.4 is 9.64 Å². The first-order valence-electron chi connectivity index (χ1n) is 10.3. The Labute approximate surface area is 187 Å². The molecule has 4 aromatic carbocycles. The molecule has 0 radical (unpaired) electrons. The van der Waals surface area contributed by atoms with Crippen LogP contribution in [0, 0.1) is 20.8 Å². The lowest BCUT2D eigenvalue weighted by atomic mass is 10.1. The average molecular weight is 428 g/mol. The molecule has 0 fully saturated rings. The number of hydrogen-bond acceptors (Lipinski definition) is 5. The molecule has 0 atom stereocenters. The molecule has 0 unspecified atom stereocenters. The summed E-state index contributed by atoms with van der Waals surface area (Å²) < 4.78 is 5.99. The van der Waals surface area contributed by atoms with Gasteiger partial charge in [-0.1, -0.05) is 18.2 Å². The summed E-state index contributed by atoms with van der Waals surface area (Å²) in [6, 6.07) is 23.4. The molecule has 4 rings (SSSR count). The lowest BCUT2D eigenvalue weighted by Crippen LogP contribution is -2.12. The lowest BCUT2D eigenvalue weighted by Gasteiger charge is -2.29. The molecule has 0 saturated heterocycles. The Hall–Kier alpha value is -4.12. The highest BCUT2D eigenvalue weighted by molar-refractivity contribution is 5.81. The average Bonchev–Trinajstić information content (AvgIpc) is 2.75. The first kappa shape index (κ1) is 21.1. The van der Waals surface area contributed by atoms with Crippen molar-refractivity contribution >= 4 is 17.1 Å². The van der Waals surface area contributed by atoms with Crippen molar-refractivity contribution in [2.45, 2.75) is 20.8 Å². The quantitative estimate of drug-likeness (QED) is 0.320. The van der Waals surface area contributed by atoms with Gasteiger partial charge in [0.15, 0.2) is 11.5 Å². The second-order valence-corrected chi connectivity index (χ2v) is 7.80. The highest BCUT2D eigenvalue weighted by atomic mass is 16.5. The first-order valence-corrected chi connectivity index (χ1v) is 10.3. The molecular weight excluding hydrogens is 402 g/mol. The third-order valence-corrected chi connectivity index (χ3v) is 5.35. The van der Waals surface area contributed by atoms with Gasteiger partial charge in [0.25, 0.3) is 0 Å². The molecular formula is C27H25NO4. The summed E-state index contributed by atoms with van der Waals surface area (Å²) >= 11 is 0. The molecule has 5 nitrogen and oxygen atoms in total. The van der Waals surface area contributed by atoms with Crippen LogP contribution in [0.15, 0.2) is 78.9 Å². The summed E-state index contributed by atoms with van der Waals surface area (Å²) in [5.41, 5.74) is 5.11. The molecule has 0 aromatic heterocycles. The van der Waals surface area contributed by atoms with E-state index in [0.717, 1.165) is 33.8 Å². The molecule has 32 heavy (non-hydrogen) atoms. The van der Waals surface area contributed by atoms with Crippen molar-refractivity contribution in [3.05, 3.63) is 95.6 Å². The number of anilines is 3. The minimum Gasteiger partial charge on any atom is -0.508 e. The van der Waals surface area contributed by atoms with Crippen molar-refractivity contribution < 1.29 is 20.1 Å². The van der Waals surface area contributed by atoms with Crippen molar-refractivity contribution in [1.82, 2.24) is 0 Å². The van der Waals surface area contributed by atoms with Crippen molar-refractivity contribution in [1.29, 1.82) is 0 Å². The SMILES string of the molecule is Cc1cc(O)ccc1N(c1cccc(Oc2cccc(C)c2O)c1)c1ccc(O)cc1C. The van der Waals surface area contributed by atoms with Crippen LogP contribution in [-0.2, 0) is 0 Å². The number of benzene rings is 4. The highest BCUT2D eigenvalue weighted by Crippen LogP contribution is 2.42. The van der Waals surface area contributed by atoms with E-state index in [4.69, 9.17) is 4.74 Å². The second-order valence-electron chi connectivity index (χ2n) is 7.80. The minimum atomic E-state index is 0.110. The number of aryl methyl sites for hydroxylation is 3. The van der Waals surface area contributed by atoms with E-state index >= 15 is 0 Å². The van der Waals surface area contributed by atoms with E-state index in [0.29, 0.717) is 11.5 Å². The standard InChI is InChI=1S/C27H25NO4/c1-17-6-4-9-26(27(17)31)32-23-8-5-7-20(16-23)28(24-12-10-21(29)14-18(24)2)25-13-11-22(30)15-19(25)3/h4-16,29-31H,1-3H3. The van der Waals surface area contributed by atoms with Crippen LogP contribution in [0.1, 0.15) is 16.7 Å². The third kappa shape index (κ3) is 4.18. The van der Waals surface area contributed by atoms with Gasteiger partial charge in [-0.25, -0.2) is 0 Å². The van der Waals surface area contributed by atoms with Crippen LogP contribution in [0.2, 0.25) is 0 Å². The third-order valence-electron chi connectivity index (χ3n) is 5.35. The number of aromatic hydroxyl groups is 3. The number of phenolic OH excluding ortho intramolecular Hbond substituents is 3. The number of hydrogen-bond donors (Lipinski definition) is 3. The lowest BCUT2D eigenvalue weighted by molar-refractivity contribution is 0.408. The molecule has 0 aliphatic carbocycles. The van der Waals surface area contributed by atoms with Crippen molar-refractivity contribution in [2.75, 3.05) is 4.90 Å². The van der Waals surface area contributed by atoms with Gasteiger partial charge in [0, 0.05) is 23.1 Å². The number of nitrogens with zero attached hydrogens (tertiary/aromatic N) is 1. The van der Waals surface area contributed by atoms with Crippen molar-refractivity contribution in [2.24, 2.45) is 0 Å². The summed E-state index contributed by atoms with van der Waals surface area (Å²) in [7, 11) is 0. The van der Waals surface area contributed by atoms with Gasteiger partial charge in [0.2, 0.25) is 0 Å². The smallest absolute Gasteiger partial charge is 0.169 e. The fourth-order valence-electron chi connectivity index (χ4n) is 3.72. The van der Waals surface area contributed by atoms with Gasteiger partial charge in [0.1, 0.15) is 17.2 Å². The van der Waals surface area contributed by atoms with E-state index in [1.165, 1.54) is 0 Å². The van der Waals surface area contributed by atoms with Gasteiger partial charge in [-0.2, -0.15) is 0 Å². The van der Waals surface area contributed by atoms with Crippen molar-refractivity contribution in [3.8, 4) is 28.7 Å². The molecule has 0 saturated carbocycles. The summed E-state index contributed by atoms with van der Waals surface area (Å²) in [4.78, 5) is 2.05. The summed E-state index contributed by atoms with van der Waals surface area (Å²) in [5.74, 6) is 1.45. The predicted octanol–water partition coefficient (Wildman–Crippen LogP) is 6.99. The van der Waals surface area contributed by atoms with Crippen molar-refractivity contribution in [3.63, 3.8) is 0 Å². The van der Waals surface area contributed by atoms with Gasteiger partial charge < -0.3 is 25.0 Å². The van der Waals surface area contributed by atoms with E-state index in [1.807, 2.05) is 74.2 Å². The van der Waals surface area contributed by atoms with Crippen LogP contribution in [0.5, 0.6) is 28.7 Å². The molecule has 3 N–H and O–H groups in total. The number of rotatable bonds is 5. The molecule has 162 valence electrons. The molecule has 0 bridgehead atoms. The summed E-state index contributed by atoms with van der Waals surface area (Å²) in [5, 5.41) is 30.2. The Balaban J connectivity index is 1.83. The number of ether oxygens (including phenoxy) is 1. The van der Waals surface area contributed by atoms with Crippen LogP contribution >= 0.6 is 0 Å². The van der Waals surface area contributed by atoms with E-state index < -0.39 is 0 Å². The molecule has 0 amide bonds. The summed E-state index contributed by atoms with van der Waals surface area (Å²) in [6.07, 6.45) is 0. The van der Waals surface area contributed by atoms with E-state index in [-0.39, 0.29) is 17.2 Å². The van der Waals surface area contributed by atoms with Crippen LogP contribution in [0.3, 0.4) is 0 Å². The maximum atomic E-state index is 10.3. The number of phenols is 3. The normalized spacial score (nSPS) is 10.7. The van der Waals surface area contributed by atoms with Gasteiger partial charge in [-0.15, -0.1) is 0 Å². The monoisotopic (exact) mass is 427 g/mol. The second kappa shape index (κ2) is 8.55. The molecule has 0 heterocycles. The zero-order valence-corrected chi connectivity index (χ0v) is 18.2. The fraction of sp³-hybridized carbons (Fsp3) is 0.111. The van der Waals surface area contributed by atoms with E-state index in [9.17, 15) is 15.3 Å². The Morgan fingerprint density at radius 1 is 0.625 bits per heavy atom. The predicted molar refractivity (Wildman–Crippen MR) is 127 cm³/mol. The number of para-hydroxylation sites is 1. The summed E-state index contributed by atoms with van der Waals surface area (Å²) in [6.45, 7) is 5.69. The fourth-order valence-corrected chi connectivity index (χ4v) is 3.72. The Morgan fingerprint density at radius 3 is 1.81 bits per heavy atom. The van der Waals surface area contributed by atoms with Crippen LogP contribution in [0.25, 0.3) is 0 Å². The maximum Gasteiger partial charge on any atom is 0.169 e. The largest absolute Gasteiger partial charge is 0.508 e. The topological polar surface area (TPSA) is 73.2 Å². The van der Waals surface area contributed by atoms with Crippen LogP contribution in [0.4, 0.5) is 17.1 Å². The van der Waals surface area contributed by atoms with Gasteiger partial charge >= 0.3 is 0 Å². The van der Waals surface area contributed by atoms with Crippen LogP contribution in [-0.4, -0.2) is 15.3 Å². The minimum absolute atomic E-state index is 0.110. The van der Waals surface area contributed by atoms with Gasteiger partial charge in [-0.05, 0) is 92.1 Å². The Bertz CT molecular complexity index is 1230. The van der Waals surface area contributed by atoms with E-state index in [1.54, 1.807) is 30.3 Å². The zero-order chi connectivity index (χ0) is 22.8. The highest BCUT2D eigenvalue weighted by Gasteiger charge is 2.18. The zero-order valence-electron chi connectivity index (χ0n) is 18.2. The van der Waals surface area contributed by atoms with Gasteiger partial charge in [0.05, 0.1) is 0 Å². The maximum absolute atomic E-state index is 10.3. The van der Waals surface area contributed by atoms with Gasteiger partial charge in [-0.3, -0.25) is 0 Å². The molecule has 5 heteroatoms. The Morgan fingerprint density at radius 2 is 1.22 bits per heavy atom. The molecule has 0 spiro atoms. The first-order chi connectivity index (χ1) is 15.3. The molecule has 0 aliphatic heterocycles. The molecule has 4 aromatic rings. The van der Waals surface area contributed by atoms with E-state index in [2.05, 4.69) is 0 Å². The Kier molecular flexibility index (Phi) is 5.65. The molecule has 0 aliphatic rings.